The van der Waals surface area contributed by atoms with Gasteiger partial charge in [-0.2, -0.15) is 0 Å². The smallest absolute Gasteiger partial charge is 0.339 e. The first-order chi connectivity index (χ1) is 7.63. The van der Waals surface area contributed by atoms with Crippen LogP contribution in [0.4, 0.5) is 0 Å². The minimum atomic E-state index is -0.407. The Bertz CT molecular complexity index is 400. The van der Waals surface area contributed by atoms with Crippen molar-refractivity contribution in [2.24, 2.45) is 0 Å². The van der Waals surface area contributed by atoms with E-state index in [1.54, 1.807) is 18.1 Å². The van der Waals surface area contributed by atoms with E-state index in [-0.39, 0.29) is 11.9 Å². The summed E-state index contributed by atoms with van der Waals surface area (Å²) in [5, 5.41) is 4.22. The molecule has 2 rings (SSSR count). The SMILES string of the molecule is CCOC(=O)C1=C2NC(=O)C=CN2NC1C. The van der Waals surface area contributed by atoms with Crippen LogP contribution in [0.25, 0.3) is 0 Å². The number of ether oxygens (including phenoxy) is 1. The van der Waals surface area contributed by atoms with Crippen LogP contribution in [0.5, 0.6) is 0 Å². The van der Waals surface area contributed by atoms with E-state index in [1.807, 2.05) is 6.92 Å². The summed E-state index contributed by atoms with van der Waals surface area (Å²) in [6, 6.07) is -0.183. The van der Waals surface area contributed by atoms with E-state index < -0.39 is 5.97 Å². The number of amides is 1. The summed E-state index contributed by atoms with van der Waals surface area (Å²) in [7, 11) is 0. The van der Waals surface area contributed by atoms with Crippen LogP contribution >= 0.6 is 0 Å². The Morgan fingerprint density at radius 3 is 3.06 bits per heavy atom. The fourth-order valence-corrected chi connectivity index (χ4v) is 1.70. The van der Waals surface area contributed by atoms with Gasteiger partial charge in [0.05, 0.1) is 18.2 Å². The number of fused-ring (bicyclic) bond motifs is 1. The Balaban J connectivity index is 2.33. The summed E-state index contributed by atoms with van der Waals surface area (Å²) >= 11 is 0. The zero-order valence-electron chi connectivity index (χ0n) is 9.11. The number of nitrogens with zero attached hydrogens (tertiary/aromatic N) is 1. The molecule has 0 fully saturated rings. The number of hydrogen-bond donors (Lipinski definition) is 2. The molecule has 1 unspecified atom stereocenters. The topological polar surface area (TPSA) is 70.7 Å². The zero-order valence-corrected chi connectivity index (χ0v) is 9.11. The third kappa shape index (κ3) is 1.67. The second-order valence-electron chi connectivity index (χ2n) is 3.51. The number of hydrazine groups is 1. The lowest BCUT2D eigenvalue weighted by molar-refractivity contribution is -0.138. The normalized spacial score (nSPS) is 23.2. The van der Waals surface area contributed by atoms with Gasteiger partial charge in [0.25, 0.3) is 5.91 Å². The fourth-order valence-electron chi connectivity index (χ4n) is 1.70. The highest BCUT2D eigenvalue weighted by Gasteiger charge is 2.35. The quantitative estimate of drug-likeness (QED) is 0.624. The molecule has 0 aromatic heterocycles. The van der Waals surface area contributed by atoms with E-state index in [2.05, 4.69) is 10.7 Å². The van der Waals surface area contributed by atoms with Gasteiger partial charge in [0.2, 0.25) is 0 Å². The van der Waals surface area contributed by atoms with Crippen LogP contribution in [0.15, 0.2) is 23.7 Å². The molecule has 6 heteroatoms. The molecule has 0 spiro atoms. The maximum absolute atomic E-state index is 11.7. The molecule has 1 amide bonds. The van der Waals surface area contributed by atoms with Crippen molar-refractivity contribution in [2.75, 3.05) is 6.61 Å². The Morgan fingerprint density at radius 2 is 2.38 bits per heavy atom. The van der Waals surface area contributed by atoms with E-state index in [4.69, 9.17) is 4.74 Å². The number of hydrogen-bond acceptors (Lipinski definition) is 5. The summed E-state index contributed by atoms with van der Waals surface area (Å²) in [4.78, 5) is 22.9. The molecule has 6 nitrogen and oxygen atoms in total. The number of esters is 1. The van der Waals surface area contributed by atoms with Crippen molar-refractivity contribution in [3.8, 4) is 0 Å². The van der Waals surface area contributed by atoms with Gasteiger partial charge >= 0.3 is 5.97 Å². The second kappa shape index (κ2) is 3.97. The van der Waals surface area contributed by atoms with Gasteiger partial charge < -0.3 is 10.1 Å². The maximum atomic E-state index is 11.7. The van der Waals surface area contributed by atoms with Gasteiger partial charge in [-0.1, -0.05) is 0 Å². The molecule has 0 aliphatic carbocycles. The molecule has 0 aromatic rings. The summed E-state index contributed by atoms with van der Waals surface area (Å²) in [5.41, 5.74) is 3.47. The molecule has 0 aromatic carbocycles. The van der Waals surface area contributed by atoms with E-state index in [9.17, 15) is 9.59 Å². The van der Waals surface area contributed by atoms with Gasteiger partial charge in [-0.3, -0.25) is 9.80 Å². The van der Waals surface area contributed by atoms with E-state index in [1.165, 1.54) is 6.08 Å². The first-order valence-corrected chi connectivity index (χ1v) is 5.09. The van der Waals surface area contributed by atoms with Gasteiger partial charge in [-0.25, -0.2) is 10.2 Å². The predicted octanol–water partition coefficient (Wildman–Crippen LogP) is -0.387. The Labute approximate surface area is 92.9 Å². The van der Waals surface area contributed by atoms with Crippen LogP contribution in [-0.4, -0.2) is 29.5 Å². The van der Waals surface area contributed by atoms with Gasteiger partial charge in [-0.15, -0.1) is 0 Å². The molecule has 2 N–H and O–H groups in total. The summed E-state index contributed by atoms with van der Waals surface area (Å²) < 4.78 is 4.94. The van der Waals surface area contributed by atoms with Crippen molar-refractivity contribution in [1.82, 2.24) is 15.8 Å². The molecule has 1 atom stereocenters. The van der Waals surface area contributed by atoms with Gasteiger partial charge in [0.1, 0.15) is 5.82 Å². The number of rotatable bonds is 2. The lowest BCUT2D eigenvalue weighted by Gasteiger charge is -2.21. The second-order valence-corrected chi connectivity index (χ2v) is 3.51. The number of carbonyl (C=O) groups is 2. The fraction of sp³-hybridized carbons (Fsp3) is 0.400. The van der Waals surface area contributed by atoms with Crippen molar-refractivity contribution in [2.45, 2.75) is 19.9 Å². The van der Waals surface area contributed by atoms with Crippen molar-refractivity contribution < 1.29 is 14.3 Å². The number of nitrogens with one attached hydrogen (secondary N) is 2. The Hall–Kier alpha value is -1.82. The van der Waals surface area contributed by atoms with E-state index in [0.717, 1.165) is 0 Å². The van der Waals surface area contributed by atoms with Crippen LogP contribution < -0.4 is 10.7 Å². The monoisotopic (exact) mass is 223 g/mol. The minimum Gasteiger partial charge on any atom is -0.462 e. The molecular formula is C10H13N3O3. The number of carbonyl (C=O) groups excluding carboxylic acids is 2. The standard InChI is InChI=1S/C10H13N3O3/c1-3-16-10(15)8-6(2)12-13-5-4-7(14)11-9(8)13/h4-6,12H,3H2,1-2H3,(H,11,14). The summed E-state index contributed by atoms with van der Waals surface area (Å²) in [6.07, 6.45) is 2.97. The van der Waals surface area contributed by atoms with Gasteiger partial charge in [0.15, 0.2) is 0 Å². The highest BCUT2D eigenvalue weighted by Crippen LogP contribution is 2.22. The third-order valence-electron chi connectivity index (χ3n) is 2.37. The highest BCUT2D eigenvalue weighted by atomic mass is 16.5. The first-order valence-electron chi connectivity index (χ1n) is 5.09. The van der Waals surface area contributed by atoms with E-state index in [0.29, 0.717) is 18.0 Å². The molecule has 0 saturated heterocycles. The molecular weight excluding hydrogens is 210 g/mol. The lowest BCUT2D eigenvalue weighted by Crippen LogP contribution is -2.39. The van der Waals surface area contributed by atoms with E-state index >= 15 is 0 Å². The molecule has 2 aliphatic rings. The minimum absolute atomic E-state index is 0.183. The molecule has 0 radical (unpaired) electrons. The van der Waals surface area contributed by atoms with Crippen molar-refractivity contribution in [3.63, 3.8) is 0 Å². The molecule has 0 saturated carbocycles. The first kappa shape index (κ1) is 10.7. The average molecular weight is 223 g/mol. The lowest BCUT2D eigenvalue weighted by atomic mass is 10.1. The molecule has 16 heavy (non-hydrogen) atoms. The van der Waals surface area contributed by atoms with Crippen molar-refractivity contribution in [1.29, 1.82) is 0 Å². The van der Waals surface area contributed by atoms with Crippen molar-refractivity contribution in [3.05, 3.63) is 23.7 Å². The van der Waals surface area contributed by atoms with Crippen LogP contribution in [0.1, 0.15) is 13.8 Å². The molecule has 2 aliphatic heterocycles. The van der Waals surface area contributed by atoms with Crippen molar-refractivity contribution >= 4 is 11.9 Å². The largest absolute Gasteiger partial charge is 0.462 e. The molecule has 86 valence electrons. The molecule has 0 bridgehead atoms. The highest BCUT2D eigenvalue weighted by molar-refractivity contribution is 5.95. The summed E-state index contributed by atoms with van der Waals surface area (Å²) in [5.74, 6) is -0.196. The van der Waals surface area contributed by atoms with Crippen LogP contribution in [0.2, 0.25) is 0 Å². The Kier molecular flexibility index (Phi) is 2.66. The Morgan fingerprint density at radius 1 is 1.62 bits per heavy atom. The zero-order chi connectivity index (χ0) is 11.7. The van der Waals surface area contributed by atoms with Gasteiger partial charge in [0, 0.05) is 12.3 Å². The predicted molar refractivity (Wildman–Crippen MR) is 55.4 cm³/mol. The van der Waals surface area contributed by atoms with Crippen LogP contribution in [0, 0.1) is 0 Å². The van der Waals surface area contributed by atoms with Gasteiger partial charge in [-0.05, 0) is 13.8 Å². The average Bonchev–Trinajstić information content (AvgIpc) is 2.53. The molecule has 2 heterocycles. The maximum Gasteiger partial charge on any atom is 0.339 e. The summed E-state index contributed by atoms with van der Waals surface area (Å²) in [6.45, 7) is 3.89. The van der Waals surface area contributed by atoms with Crippen LogP contribution in [-0.2, 0) is 14.3 Å². The van der Waals surface area contributed by atoms with Crippen LogP contribution in [0.3, 0.4) is 0 Å². The third-order valence-corrected chi connectivity index (χ3v) is 2.37.